The van der Waals surface area contributed by atoms with Crippen molar-refractivity contribution in [3.63, 3.8) is 0 Å². The predicted octanol–water partition coefficient (Wildman–Crippen LogP) is 2.67. The summed E-state index contributed by atoms with van der Waals surface area (Å²) in [6, 6.07) is 0. The highest BCUT2D eigenvalue weighted by atomic mass is 16.5. The zero-order chi connectivity index (χ0) is 8.97. The molecule has 0 atom stereocenters. The Morgan fingerprint density at radius 1 is 1.33 bits per heavy atom. The molecule has 0 N–H and O–H groups in total. The van der Waals surface area contributed by atoms with Gasteiger partial charge in [-0.15, -0.1) is 0 Å². The minimum Gasteiger partial charge on any atom is -0.340 e. The number of aromatic nitrogens is 2. The summed E-state index contributed by atoms with van der Waals surface area (Å²) in [5, 5.41) is 3.85. The smallest absolute Gasteiger partial charge is 0.223 e. The Balaban J connectivity index is 0.000000336. The minimum atomic E-state index is 0.595. The lowest BCUT2D eigenvalue weighted by molar-refractivity contribution is 0.354. The van der Waals surface area contributed by atoms with Crippen LogP contribution in [0.5, 0.6) is 0 Å². The van der Waals surface area contributed by atoms with Crippen molar-refractivity contribution in [1.82, 2.24) is 10.1 Å². The number of hydrogen-bond acceptors (Lipinski definition) is 3. The molecular weight excluding hydrogens is 152 g/mol. The predicted molar refractivity (Wildman–Crippen MR) is 47.0 cm³/mol. The Labute approximate surface area is 73.2 Å². The lowest BCUT2D eigenvalue weighted by Crippen LogP contribution is -2.10. The molecule has 1 heterocycles. The van der Waals surface area contributed by atoms with E-state index in [1.165, 1.54) is 19.3 Å². The molecular formula is C9H16N2O. The zero-order valence-corrected chi connectivity index (χ0v) is 8.00. The Hall–Kier alpha value is -0.860. The number of aryl methyl sites for hydroxylation is 1. The van der Waals surface area contributed by atoms with Crippen LogP contribution in [0.25, 0.3) is 0 Å². The molecule has 3 nitrogen and oxygen atoms in total. The van der Waals surface area contributed by atoms with Gasteiger partial charge in [-0.05, 0) is 12.8 Å². The Bertz CT molecular complexity index is 228. The van der Waals surface area contributed by atoms with E-state index in [1.54, 1.807) is 0 Å². The molecule has 0 spiro atoms. The van der Waals surface area contributed by atoms with Crippen molar-refractivity contribution in [2.24, 2.45) is 0 Å². The topological polar surface area (TPSA) is 38.9 Å². The average Bonchev–Trinajstić information content (AvgIpc) is 2.37. The molecule has 1 aromatic rings. The van der Waals surface area contributed by atoms with Crippen LogP contribution in [0, 0.1) is 6.92 Å². The van der Waals surface area contributed by atoms with Gasteiger partial charge in [-0.3, -0.25) is 0 Å². The molecule has 12 heavy (non-hydrogen) atoms. The molecule has 1 aromatic heterocycles. The molecule has 0 radical (unpaired) electrons. The first kappa shape index (κ1) is 9.23. The summed E-state index contributed by atoms with van der Waals surface area (Å²) in [6.07, 6.45) is 3.79. The van der Waals surface area contributed by atoms with E-state index in [2.05, 4.69) is 10.1 Å². The highest BCUT2D eigenvalue weighted by Crippen LogP contribution is 2.34. The summed E-state index contributed by atoms with van der Waals surface area (Å²) in [6.45, 7) is 5.83. The Morgan fingerprint density at radius 3 is 2.33 bits per heavy atom. The second-order valence-electron chi connectivity index (χ2n) is 2.80. The van der Waals surface area contributed by atoms with Crippen molar-refractivity contribution in [2.75, 3.05) is 0 Å². The van der Waals surface area contributed by atoms with Crippen LogP contribution < -0.4 is 0 Å². The number of hydrogen-bond donors (Lipinski definition) is 0. The van der Waals surface area contributed by atoms with E-state index >= 15 is 0 Å². The van der Waals surface area contributed by atoms with E-state index < -0.39 is 0 Å². The van der Waals surface area contributed by atoms with Gasteiger partial charge >= 0.3 is 0 Å². The van der Waals surface area contributed by atoms with Gasteiger partial charge in [-0.1, -0.05) is 25.4 Å². The van der Waals surface area contributed by atoms with Gasteiger partial charge in [0.2, 0.25) is 5.89 Å². The third-order valence-electron chi connectivity index (χ3n) is 2.01. The molecule has 1 saturated carbocycles. The summed E-state index contributed by atoms with van der Waals surface area (Å²) in [5.74, 6) is 2.18. The largest absolute Gasteiger partial charge is 0.340 e. The van der Waals surface area contributed by atoms with Gasteiger partial charge in [0, 0.05) is 12.8 Å². The summed E-state index contributed by atoms with van der Waals surface area (Å²) in [5.41, 5.74) is 0. The van der Waals surface area contributed by atoms with Gasteiger partial charge in [0.25, 0.3) is 0 Å². The normalized spacial score (nSPS) is 16.2. The van der Waals surface area contributed by atoms with Crippen LogP contribution in [-0.4, -0.2) is 10.1 Å². The molecule has 0 aliphatic heterocycles. The maximum absolute atomic E-state index is 4.86. The van der Waals surface area contributed by atoms with Gasteiger partial charge in [0.15, 0.2) is 5.82 Å². The first-order valence-corrected chi connectivity index (χ1v) is 4.66. The van der Waals surface area contributed by atoms with Gasteiger partial charge in [-0.25, -0.2) is 0 Å². The van der Waals surface area contributed by atoms with E-state index in [0.717, 1.165) is 5.82 Å². The minimum absolute atomic E-state index is 0.595. The quantitative estimate of drug-likeness (QED) is 0.647. The molecule has 0 amide bonds. The lowest BCUT2D eigenvalue weighted by atomic mass is 9.85. The molecule has 0 aromatic carbocycles. The van der Waals surface area contributed by atoms with E-state index in [1.807, 2.05) is 20.8 Å². The molecule has 0 unspecified atom stereocenters. The fourth-order valence-corrected chi connectivity index (χ4v) is 1.15. The first-order valence-electron chi connectivity index (χ1n) is 4.66. The van der Waals surface area contributed by atoms with Crippen molar-refractivity contribution in [3.05, 3.63) is 11.7 Å². The standard InChI is InChI=1S/C7H10N2O.C2H6/c1-5-8-7(9-10-5)6-3-2-4-6;1-2/h6H,2-4H2,1H3;1-2H3. The number of nitrogens with zero attached hydrogens (tertiary/aromatic N) is 2. The van der Waals surface area contributed by atoms with Crippen molar-refractivity contribution in [2.45, 2.75) is 46.0 Å². The van der Waals surface area contributed by atoms with Crippen LogP contribution in [0.3, 0.4) is 0 Å². The van der Waals surface area contributed by atoms with Crippen molar-refractivity contribution >= 4 is 0 Å². The van der Waals surface area contributed by atoms with E-state index in [-0.39, 0.29) is 0 Å². The van der Waals surface area contributed by atoms with E-state index in [9.17, 15) is 0 Å². The SMILES string of the molecule is CC.Cc1nc(C2CCC2)no1. The van der Waals surface area contributed by atoms with E-state index in [0.29, 0.717) is 11.8 Å². The average molecular weight is 168 g/mol. The first-order chi connectivity index (χ1) is 5.86. The zero-order valence-electron chi connectivity index (χ0n) is 8.00. The fourth-order valence-electron chi connectivity index (χ4n) is 1.15. The molecule has 1 aliphatic carbocycles. The van der Waals surface area contributed by atoms with Gasteiger partial charge < -0.3 is 4.52 Å². The van der Waals surface area contributed by atoms with Crippen LogP contribution in [0.2, 0.25) is 0 Å². The van der Waals surface area contributed by atoms with Crippen molar-refractivity contribution < 1.29 is 4.52 Å². The number of rotatable bonds is 1. The molecule has 68 valence electrons. The lowest BCUT2D eigenvalue weighted by Gasteiger charge is -2.20. The third kappa shape index (κ3) is 1.84. The molecule has 0 bridgehead atoms. The van der Waals surface area contributed by atoms with E-state index in [4.69, 9.17) is 4.52 Å². The summed E-state index contributed by atoms with van der Waals surface area (Å²) >= 11 is 0. The van der Waals surface area contributed by atoms with Gasteiger partial charge in [-0.2, -0.15) is 4.98 Å². The monoisotopic (exact) mass is 168 g/mol. The maximum Gasteiger partial charge on any atom is 0.223 e. The summed E-state index contributed by atoms with van der Waals surface area (Å²) in [7, 11) is 0. The van der Waals surface area contributed by atoms with Crippen molar-refractivity contribution in [3.8, 4) is 0 Å². The van der Waals surface area contributed by atoms with Crippen LogP contribution in [0.15, 0.2) is 4.52 Å². The molecule has 3 heteroatoms. The fraction of sp³-hybridized carbons (Fsp3) is 0.778. The van der Waals surface area contributed by atoms with Gasteiger partial charge in [0.1, 0.15) is 0 Å². The van der Waals surface area contributed by atoms with Gasteiger partial charge in [0.05, 0.1) is 0 Å². The van der Waals surface area contributed by atoms with Crippen LogP contribution in [0.4, 0.5) is 0 Å². The summed E-state index contributed by atoms with van der Waals surface area (Å²) < 4.78 is 4.86. The highest BCUT2D eigenvalue weighted by Gasteiger charge is 2.23. The van der Waals surface area contributed by atoms with Crippen molar-refractivity contribution in [1.29, 1.82) is 0 Å². The molecule has 1 aliphatic rings. The second-order valence-corrected chi connectivity index (χ2v) is 2.80. The Morgan fingerprint density at radius 2 is 2.00 bits per heavy atom. The molecule has 1 fully saturated rings. The second kappa shape index (κ2) is 4.24. The maximum atomic E-state index is 4.86. The van der Waals surface area contributed by atoms with Crippen LogP contribution >= 0.6 is 0 Å². The third-order valence-corrected chi connectivity index (χ3v) is 2.01. The summed E-state index contributed by atoms with van der Waals surface area (Å²) in [4.78, 5) is 4.15. The highest BCUT2D eigenvalue weighted by molar-refractivity contribution is 4.98. The van der Waals surface area contributed by atoms with Crippen LogP contribution in [0.1, 0.15) is 50.7 Å². The van der Waals surface area contributed by atoms with Crippen LogP contribution in [-0.2, 0) is 0 Å². The molecule has 0 saturated heterocycles. The Kier molecular flexibility index (Phi) is 3.26. The molecule has 2 rings (SSSR count).